The number of fused-ring (bicyclic) bond motifs is 4. The summed E-state index contributed by atoms with van der Waals surface area (Å²) in [5, 5.41) is 2.30. The van der Waals surface area contributed by atoms with Crippen molar-refractivity contribution in [3.05, 3.63) is 277 Å². The molecule has 9 aromatic carbocycles. The van der Waals surface area contributed by atoms with E-state index >= 15 is 0 Å². The van der Waals surface area contributed by atoms with Crippen molar-refractivity contribution in [3.8, 4) is 16.9 Å². The van der Waals surface area contributed by atoms with Gasteiger partial charge in [0.1, 0.15) is 5.82 Å². The first-order chi connectivity index (χ1) is 37.9. The molecular weight excluding hydrogens is 1150 g/mol. The topological polar surface area (TPSA) is 24.3 Å². The molecule has 0 saturated heterocycles. The molecule has 0 spiro atoms. The van der Waals surface area contributed by atoms with E-state index in [1.807, 2.05) is 6.20 Å². The van der Waals surface area contributed by atoms with E-state index in [9.17, 15) is 0 Å². The largest absolute Gasteiger partial charge is 0.493 e. The van der Waals surface area contributed by atoms with Crippen molar-refractivity contribution in [1.29, 1.82) is 0 Å². The average molecular weight is 1220 g/mol. The normalized spacial score (nSPS) is 12.9. The fourth-order valence-electron chi connectivity index (χ4n) is 11.7. The molecule has 4 nitrogen and oxygen atoms in total. The molecule has 6 heteroatoms. The molecule has 0 atom stereocenters. The number of para-hydroxylation sites is 2. The van der Waals surface area contributed by atoms with Crippen LogP contribution in [0.15, 0.2) is 225 Å². The second-order valence-corrected chi connectivity index (χ2v) is 24.7. The molecule has 0 aliphatic carbocycles. The van der Waals surface area contributed by atoms with Crippen LogP contribution in [0.4, 0.5) is 22.7 Å². The van der Waals surface area contributed by atoms with Gasteiger partial charge < -0.3 is 14.4 Å². The number of hydrogen-bond donors (Lipinski definition) is 0. The summed E-state index contributed by atoms with van der Waals surface area (Å²) in [7, 11) is 0. The predicted octanol–water partition coefficient (Wildman–Crippen LogP) is 16.6. The standard InChI is InChI=1S/C74H68BN4.Pt/c1-71(2,3)55-39-40-76-70(47-55)79-66-38-35-52(51-25-15-11-16-26-51)41-65(66)64-37-36-60(49-69(64)79)75(59-31-21-14-22-32-59)61-43-56(72(4,5)6)44-63(48-61)78-50-77(67-33-23-24-34-68(67)78)62-45-57(73(7,8)53-27-17-12-18-28-53)42-58(46-62)74(9,10)54-29-19-13-20-30-54;/h11-47,50H,1-10H3;/q-3;. The summed E-state index contributed by atoms with van der Waals surface area (Å²) in [4.78, 5) is 9.84. The van der Waals surface area contributed by atoms with Crippen LogP contribution in [0.5, 0.6) is 0 Å². The van der Waals surface area contributed by atoms with Crippen molar-refractivity contribution in [2.24, 2.45) is 0 Å². The average Bonchev–Trinajstić information content (AvgIpc) is 4.03. The summed E-state index contributed by atoms with van der Waals surface area (Å²) in [6.45, 7) is 25.2. The number of rotatable bonds is 11. The molecule has 0 radical (unpaired) electrons. The molecule has 0 unspecified atom stereocenters. The molecule has 0 bridgehead atoms. The fourth-order valence-corrected chi connectivity index (χ4v) is 11.7. The summed E-state index contributed by atoms with van der Waals surface area (Å²) >= 11 is 0. The number of aromatic nitrogens is 2. The van der Waals surface area contributed by atoms with Gasteiger partial charge in [-0.05, 0) is 97.6 Å². The molecule has 80 heavy (non-hydrogen) atoms. The van der Waals surface area contributed by atoms with Crippen LogP contribution in [0.25, 0.3) is 38.8 Å². The van der Waals surface area contributed by atoms with Crippen LogP contribution >= 0.6 is 0 Å². The van der Waals surface area contributed by atoms with Gasteiger partial charge in [-0.15, -0.1) is 23.8 Å². The monoisotopic (exact) mass is 1220 g/mol. The fraction of sp³-hybridized carbons (Fsp3) is 0.189. The van der Waals surface area contributed by atoms with Crippen molar-refractivity contribution in [2.45, 2.75) is 90.9 Å². The third-order valence-electron chi connectivity index (χ3n) is 16.7. The van der Waals surface area contributed by atoms with Gasteiger partial charge in [0, 0.05) is 60.7 Å². The molecule has 3 heterocycles. The Morgan fingerprint density at radius 1 is 0.425 bits per heavy atom. The van der Waals surface area contributed by atoms with Crippen LogP contribution in [0.2, 0.25) is 0 Å². The Morgan fingerprint density at radius 3 is 1.59 bits per heavy atom. The van der Waals surface area contributed by atoms with Gasteiger partial charge in [-0.2, -0.15) is 46.8 Å². The van der Waals surface area contributed by atoms with Crippen molar-refractivity contribution < 1.29 is 21.1 Å². The molecule has 0 amide bonds. The smallest absolute Gasteiger partial charge is 0.191 e. The van der Waals surface area contributed by atoms with Crippen LogP contribution in [-0.2, 0) is 42.7 Å². The van der Waals surface area contributed by atoms with E-state index in [0.717, 1.165) is 55.9 Å². The summed E-state index contributed by atoms with van der Waals surface area (Å²) in [5.41, 5.74) is 18.8. The Labute approximate surface area is 489 Å². The summed E-state index contributed by atoms with van der Waals surface area (Å²) in [6.07, 6.45) is 1.96. The van der Waals surface area contributed by atoms with Crippen LogP contribution in [0, 0.1) is 18.8 Å². The van der Waals surface area contributed by atoms with Crippen molar-refractivity contribution >= 4 is 67.7 Å². The number of hydrogen-bond acceptors (Lipinski definition) is 3. The van der Waals surface area contributed by atoms with E-state index in [0.29, 0.717) is 0 Å². The van der Waals surface area contributed by atoms with Crippen LogP contribution in [0.1, 0.15) is 103 Å². The number of pyridine rings is 1. The first kappa shape index (κ1) is 54.2. The Bertz CT molecular complexity index is 3950. The zero-order chi connectivity index (χ0) is 54.8. The maximum atomic E-state index is 5.09. The molecule has 1 aliphatic heterocycles. The number of benzene rings is 9. The Kier molecular flexibility index (Phi) is 14.3. The summed E-state index contributed by atoms with van der Waals surface area (Å²) < 4.78 is 2.33. The van der Waals surface area contributed by atoms with Gasteiger partial charge in [0.05, 0.1) is 0 Å². The molecule has 2 aromatic heterocycles. The van der Waals surface area contributed by atoms with Gasteiger partial charge in [0.15, 0.2) is 6.71 Å². The SMILES string of the molecule is CC(C)(C)c1cc(B(c2[c-]c3c(cc2)c2cc(-c4ccccc4)ccc2n3-c2cc(C(C)(C)C)ccn2)c2ccccc2)[c-]c(N2[CH-]N(c3cc(C(C)(C)c4ccccc4)cc(C(C)(C)c4ccccc4)c3)c3ccccc32)c1.[Pt]. The molecule has 11 aromatic rings. The first-order valence-corrected chi connectivity index (χ1v) is 27.9. The van der Waals surface area contributed by atoms with E-state index in [4.69, 9.17) is 4.98 Å². The Morgan fingerprint density at radius 2 is 0.988 bits per heavy atom. The van der Waals surface area contributed by atoms with Crippen molar-refractivity contribution in [2.75, 3.05) is 9.80 Å². The van der Waals surface area contributed by atoms with Crippen LogP contribution < -0.4 is 26.2 Å². The second kappa shape index (κ2) is 21.1. The minimum absolute atomic E-state index is 0. The predicted molar refractivity (Wildman–Crippen MR) is 335 cm³/mol. The van der Waals surface area contributed by atoms with E-state index in [1.165, 1.54) is 55.4 Å². The van der Waals surface area contributed by atoms with Crippen LogP contribution in [0.3, 0.4) is 0 Å². The zero-order valence-corrected chi connectivity index (χ0v) is 49.9. The maximum absolute atomic E-state index is 5.09. The third kappa shape index (κ3) is 10.0. The first-order valence-electron chi connectivity index (χ1n) is 27.9. The van der Waals surface area contributed by atoms with Gasteiger partial charge in [-0.3, -0.25) is 0 Å². The van der Waals surface area contributed by atoms with Gasteiger partial charge in [-0.25, -0.2) is 4.98 Å². The minimum atomic E-state index is -0.277. The van der Waals surface area contributed by atoms with Gasteiger partial charge >= 0.3 is 0 Å². The quantitative estimate of drug-likeness (QED) is 0.0953. The molecule has 1 aliphatic rings. The summed E-state index contributed by atoms with van der Waals surface area (Å²) in [5.74, 6) is 0.880. The molecule has 0 N–H and O–H groups in total. The van der Waals surface area contributed by atoms with Crippen molar-refractivity contribution in [1.82, 2.24) is 9.55 Å². The summed E-state index contributed by atoms with van der Waals surface area (Å²) in [6, 6.07) is 88.3. The van der Waals surface area contributed by atoms with E-state index in [-0.39, 0.29) is 49.4 Å². The van der Waals surface area contributed by atoms with Gasteiger partial charge in [-0.1, -0.05) is 232 Å². The molecule has 0 saturated carbocycles. The minimum Gasteiger partial charge on any atom is -0.493 e. The van der Waals surface area contributed by atoms with Crippen molar-refractivity contribution in [3.63, 3.8) is 0 Å². The van der Waals surface area contributed by atoms with E-state index in [2.05, 4.69) is 321 Å². The zero-order valence-electron chi connectivity index (χ0n) is 47.6. The van der Waals surface area contributed by atoms with Gasteiger partial charge in [0.2, 0.25) is 0 Å². The van der Waals surface area contributed by atoms with E-state index < -0.39 is 0 Å². The molecule has 400 valence electrons. The molecular formula is C74H68BN4Pt-3. The van der Waals surface area contributed by atoms with E-state index in [1.54, 1.807) is 0 Å². The molecule has 12 rings (SSSR count). The van der Waals surface area contributed by atoms with Crippen LogP contribution in [-0.4, -0.2) is 16.3 Å². The molecule has 0 fully saturated rings. The number of anilines is 4. The Hall–Kier alpha value is -7.72. The Balaban J connectivity index is 0.00000675. The maximum Gasteiger partial charge on any atom is 0.191 e. The second-order valence-electron chi connectivity index (χ2n) is 24.7. The number of nitrogens with zero attached hydrogens (tertiary/aromatic N) is 4. The van der Waals surface area contributed by atoms with Gasteiger partial charge in [0.25, 0.3) is 0 Å². The third-order valence-corrected chi connectivity index (χ3v) is 16.7.